The van der Waals surface area contributed by atoms with E-state index >= 15 is 0 Å². The van der Waals surface area contributed by atoms with Crippen LogP contribution in [0.5, 0.6) is 0 Å². The Labute approximate surface area is 225 Å². The Hall–Kier alpha value is -0.740. The van der Waals surface area contributed by atoms with Gasteiger partial charge in [0.1, 0.15) is 0 Å². The van der Waals surface area contributed by atoms with Gasteiger partial charge in [-0.3, -0.25) is 4.79 Å². The van der Waals surface area contributed by atoms with E-state index in [-0.39, 0.29) is 32.0 Å². The molecule has 2 unspecified atom stereocenters. The molecule has 0 fully saturated rings. The van der Waals surface area contributed by atoms with E-state index in [1.165, 1.54) is 11.1 Å². The number of benzene rings is 2. The van der Waals surface area contributed by atoms with Gasteiger partial charge in [0.2, 0.25) is 0 Å². The van der Waals surface area contributed by atoms with Crippen LogP contribution in [0.15, 0.2) is 42.5 Å². The molecule has 0 saturated carbocycles. The van der Waals surface area contributed by atoms with Gasteiger partial charge < -0.3 is 0 Å². The Morgan fingerprint density at radius 1 is 0.571 bits per heavy atom. The highest BCUT2D eigenvalue weighted by Crippen LogP contribution is 2.65. The fraction of sp³-hybridized carbons (Fsp3) is 0.581. The molecule has 35 heavy (non-hydrogen) atoms. The van der Waals surface area contributed by atoms with Crippen molar-refractivity contribution in [1.82, 2.24) is 0 Å². The minimum absolute atomic E-state index is 0.00408. The van der Waals surface area contributed by atoms with Crippen LogP contribution in [0.25, 0.3) is 11.1 Å². The first-order valence-corrected chi connectivity index (χ1v) is 14.1. The SMILES string of the molecule is CC(C)(C)C(P)(c1ccc(-c2ccc(C(=O)Cl)cc2)cc1C(P)(C(C)(C)C)C(C)(C)C)C(C)(C)C. The monoisotopic (exact) mass is 532 g/mol. The third kappa shape index (κ3) is 5.31. The summed E-state index contributed by atoms with van der Waals surface area (Å²) in [6.07, 6.45) is 0. The fourth-order valence-electron chi connectivity index (χ4n) is 6.05. The molecule has 0 aliphatic rings. The normalized spacial score (nSPS) is 14.3. The first-order chi connectivity index (χ1) is 15.5. The van der Waals surface area contributed by atoms with Crippen molar-refractivity contribution in [3.63, 3.8) is 0 Å². The van der Waals surface area contributed by atoms with E-state index in [1.807, 2.05) is 24.3 Å². The van der Waals surface area contributed by atoms with Crippen molar-refractivity contribution in [3.8, 4) is 11.1 Å². The molecule has 0 radical (unpaired) electrons. The summed E-state index contributed by atoms with van der Waals surface area (Å²) in [4.78, 5) is 11.6. The van der Waals surface area contributed by atoms with E-state index in [0.29, 0.717) is 5.56 Å². The Balaban J connectivity index is 3.05. The lowest BCUT2D eigenvalue weighted by Gasteiger charge is -2.57. The summed E-state index contributed by atoms with van der Waals surface area (Å²) >= 11 is 5.70. The number of hydrogen-bond donors (Lipinski definition) is 0. The van der Waals surface area contributed by atoms with Crippen LogP contribution in [0.3, 0.4) is 0 Å². The van der Waals surface area contributed by atoms with Crippen molar-refractivity contribution >= 4 is 35.3 Å². The summed E-state index contributed by atoms with van der Waals surface area (Å²) in [6, 6.07) is 14.6. The van der Waals surface area contributed by atoms with Crippen LogP contribution < -0.4 is 0 Å². The molecule has 0 aromatic heterocycles. The van der Waals surface area contributed by atoms with Gasteiger partial charge in [-0.25, -0.2) is 0 Å². The van der Waals surface area contributed by atoms with E-state index in [4.69, 9.17) is 11.6 Å². The molecule has 0 saturated heterocycles. The average Bonchev–Trinajstić information content (AvgIpc) is 2.68. The van der Waals surface area contributed by atoms with Crippen molar-refractivity contribution in [1.29, 1.82) is 0 Å². The van der Waals surface area contributed by atoms with Gasteiger partial charge in [0.05, 0.1) is 0 Å². The summed E-state index contributed by atoms with van der Waals surface area (Å²) in [7, 11) is 6.60. The largest absolute Gasteiger partial charge is 0.276 e. The standard InChI is InChI=1S/C31H47ClOP2/c1-26(2,3)30(34,27(4,5)6)23-18-17-22(20-13-15-21(16-14-20)25(32)33)19-24(23)31(35,28(7,8)9)29(10,11)12/h13-19H,34-35H2,1-12H3. The molecule has 2 atom stereocenters. The molecule has 194 valence electrons. The van der Waals surface area contributed by atoms with Crippen LogP contribution >= 0.6 is 30.1 Å². The van der Waals surface area contributed by atoms with Crippen molar-refractivity contribution in [3.05, 3.63) is 59.2 Å². The number of hydrogen-bond acceptors (Lipinski definition) is 1. The fourth-order valence-corrected chi connectivity index (χ4v) is 6.67. The Kier molecular flexibility index (Phi) is 8.30. The van der Waals surface area contributed by atoms with Crippen LogP contribution in [0.2, 0.25) is 0 Å². The quantitative estimate of drug-likeness (QED) is 0.283. The molecular weight excluding hydrogens is 486 g/mol. The van der Waals surface area contributed by atoms with E-state index in [9.17, 15) is 4.79 Å². The predicted molar refractivity (Wildman–Crippen MR) is 163 cm³/mol. The van der Waals surface area contributed by atoms with Gasteiger partial charge in [0.15, 0.2) is 0 Å². The molecule has 0 amide bonds. The summed E-state index contributed by atoms with van der Waals surface area (Å²) in [6.45, 7) is 28.2. The lowest BCUT2D eigenvalue weighted by atomic mass is 9.56. The zero-order valence-corrected chi connectivity index (χ0v) is 27.0. The van der Waals surface area contributed by atoms with Crippen molar-refractivity contribution in [2.24, 2.45) is 21.7 Å². The van der Waals surface area contributed by atoms with E-state index < -0.39 is 5.24 Å². The number of rotatable bonds is 4. The Morgan fingerprint density at radius 3 is 1.26 bits per heavy atom. The summed E-state index contributed by atoms with van der Waals surface area (Å²) in [5, 5.41) is -0.822. The smallest absolute Gasteiger partial charge is 0.252 e. The molecule has 4 heteroatoms. The van der Waals surface area contributed by atoms with Gasteiger partial charge in [-0.05, 0) is 73.7 Å². The third-order valence-electron chi connectivity index (χ3n) is 8.05. The minimum Gasteiger partial charge on any atom is -0.276 e. The highest BCUT2D eigenvalue weighted by atomic mass is 35.5. The van der Waals surface area contributed by atoms with Crippen LogP contribution in [-0.2, 0) is 10.3 Å². The highest BCUT2D eigenvalue weighted by Gasteiger charge is 2.55. The zero-order valence-electron chi connectivity index (χ0n) is 24.0. The van der Waals surface area contributed by atoms with Gasteiger partial charge in [-0.2, -0.15) is 0 Å². The van der Waals surface area contributed by atoms with E-state index in [2.05, 4.69) is 120 Å². The minimum atomic E-state index is -0.430. The Morgan fingerprint density at radius 2 is 0.914 bits per heavy atom. The lowest BCUT2D eigenvalue weighted by Crippen LogP contribution is -2.50. The summed E-state index contributed by atoms with van der Waals surface area (Å²) in [5.41, 5.74) is 5.41. The number of carbonyl (C=O) groups excluding carboxylic acids is 1. The molecule has 0 spiro atoms. The molecule has 2 aromatic rings. The van der Waals surface area contributed by atoms with Crippen LogP contribution in [-0.4, -0.2) is 5.24 Å². The first-order valence-electron chi connectivity index (χ1n) is 12.5. The molecule has 0 aliphatic carbocycles. The third-order valence-corrected chi connectivity index (χ3v) is 12.4. The molecule has 1 nitrogen and oxygen atoms in total. The summed E-state index contributed by atoms with van der Waals surface area (Å²) in [5.74, 6) is 0. The van der Waals surface area contributed by atoms with E-state index in [0.717, 1.165) is 11.1 Å². The topological polar surface area (TPSA) is 17.1 Å². The molecule has 2 rings (SSSR count). The molecule has 0 aliphatic heterocycles. The average molecular weight is 533 g/mol. The molecule has 0 N–H and O–H groups in total. The van der Waals surface area contributed by atoms with Gasteiger partial charge in [0, 0.05) is 15.9 Å². The zero-order chi connectivity index (χ0) is 27.4. The first kappa shape index (κ1) is 30.5. The lowest BCUT2D eigenvalue weighted by molar-refractivity contribution is 0.108. The molecular formula is C31H47ClOP2. The number of halogens is 1. The molecule has 0 heterocycles. The Bertz CT molecular complexity index is 1040. The maximum Gasteiger partial charge on any atom is 0.252 e. The molecule has 0 bridgehead atoms. The maximum absolute atomic E-state index is 11.6. The highest BCUT2D eigenvalue weighted by molar-refractivity contribution is 7.19. The van der Waals surface area contributed by atoms with Crippen molar-refractivity contribution < 1.29 is 4.79 Å². The second-order valence-corrected chi connectivity index (χ2v) is 16.3. The van der Waals surface area contributed by atoms with Crippen LogP contribution in [0.1, 0.15) is 105 Å². The maximum atomic E-state index is 11.6. The van der Waals surface area contributed by atoms with Gasteiger partial charge in [-0.1, -0.05) is 107 Å². The van der Waals surface area contributed by atoms with Crippen molar-refractivity contribution in [2.45, 2.75) is 93.4 Å². The van der Waals surface area contributed by atoms with E-state index in [1.54, 1.807) is 0 Å². The van der Waals surface area contributed by atoms with Gasteiger partial charge in [0.25, 0.3) is 5.24 Å². The summed E-state index contributed by atoms with van der Waals surface area (Å²) < 4.78 is 0. The van der Waals surface area contributed by atoms with Gasteiger partial charge in [-0.15, -0.1) is 18.5 Å². The number of carbonyl (C=O) groups is 1. The second kappa shape index (κ2) is 9.53. The van der Waals surface area contributed by atoms with Gasteiger partial charge >= 0.3 is 0 Å². The van der Waals surface area contributed by atoms with Crippen LogP contribution in [0.4, 0.5) is 0 Å². The molecule has 2 aromatic carbocycles. The second-order valence-electron chi connectivity index (χ2n) is 14.2. The predicted octanol–water partition coefficient (Wildman–Crippen LogP) is 10.1. The van der Waals surface area contributed by atoms with Crippen LogP contribution in [0, 0.1) is 21.7 Å². The van der Waals surface area contributed by atoms with Crippen molar-refractivity contribution in [2.75, 3.05) is 0 Å².